The minimum atomic E-state index is -3.67. The standard InChI is InChI=1S/C10H7N3O2S2/c11-6-8-9(12)13-10(16-8)17(14,15)7-4-2-1-3-5-7/h1-5H,12H2. The van der Waals surface area contributed by atoms with Crippen LogP contribution in [0.2, 0.25) is 0 Å². The lowest BCUT2D eigenvalue weighted by Crippen LogP contribution is -2.01. The van der Waals surface area contributed by atoms with Gasteiger partial charge in [-0.25, -0.2) is 13.4 Å². The number of nitrogens with two attached hydrogens (primary N) is 1. The maximum absolute atomic E-state index is 12.1. The number of anilines is 1. The molecule has 0 aliphatic carbocycles. The first-order chi connectivity index (χ1) is 8.05. The van der Waals surface area contributed by atoms with Gasteiger partial charge in [-0.3, -0.25) is 0 Å². The Bertz CT molecular complexity index is 684. The first-order valence-electron chi connectivity index (χ1n) is 4.52. The summed E-state index contributed by atoms with van der Waals surface area (Å²) in [5, 5.41) is 8.71. The van der Waals surface area contributed by atoms with Gasteiger partial charge in [0.15, 0.2) is 5.82 Å². The fraction of sp³-hybridized carbons (Fsp3) is 0. The number of rotatable bonds is 2. The molecular weight excluding hydrogens is 258 g/mol. The van der Waals surface area contributed by atoms with Gasteiger partial charge in [-0.05, 0) is 12.1 Å². The summed E-state index contributed by atoms with van der Waals surface area (Å²) in [5.41, 5.74) is 5.44. The van der Waals surface area contributed by atoms with Crippen molar-refractivity contribution >= 4 is 27.0 Å². The molecule has 2 N–H and O–H groups in total. The largest absolute Gasteiger partial charge is 0.382 e. The van der Waals surface area contributed by atoms with Gasteiger partial charge in [0.25, 0.3) is 0 Å². The number of thiazole rings is 1. The molecule has 0 saturated heterocycles. The Kier molecular flexibility index (Phi) is 2.83. The van der Waals surface area contributed by atoms with E-state index in [0.29, 0.717) is 0 Å². The van der Waals surface area contributed by atoms with Gasteiger partial charge in [0, 0.05) is 0 Å². The van der Waals surface area contributed by atoms with E-state index in [2.05, 4.69) is 4.98 Å². The summed E-state index contributed by atoms with van der Waals surface area (Å²) in [6, 6.07) is 9.71. The van der Waals surface area contributed by atoms with Crippen molar-refractivity contribution in [2.45, 2.75) is 9.24 Å². The van der Waals surface area contributed by atoms with Gasteiger partial charge in [0.2, 0.25) is 14.2 Å². The summed E-state index contributed by atoms with van der Waals surface area (Å²) >= 11 is 0.776. The van der Waals surface area contributed by atoms with Crippen LogP contribution in [0, 0.1) is 11.3 Å². The third-order valence-corrected chi connectivity index (χ3v) is 5.14. The quantitative estimate of drug-likeness (QED) is 0.885. The van der Waals surface area contributed by atoms with E-state index in [1.807, 2.05) is 0 Å². The molecule has 1 aromatic carbocycles. The third-order valence-electron chi connectivity index (χ3n) is 2.02. The zero-order chi connectivity index (χ0) is 12.5. The lowest BCUT2D eigenvalue weighted by atomic mass is 10.4. The van der Waals surface area contributed by atoms with E-state index in [-0.39, 0.29) is 19.9 Å². The van der Waals surface area contributed by atoms with E-state index in [1.54, 1.807) is 24.3 Å². The molecule has 5 nitrogen and oxygen atoms in total. The molecule has 2 rings (SSSR count). The zero-order valence-electron chi connectivity index (χ0n) is 8.49. The first-order valence-corrected chi connectivity index (χ1v) is 6.82. The van der Waals surface area contributed by atoms with Crippen molar-refractivity contribution in [1.29, 1.82) is 5.26 Å². The minimum absolute atomic E-state index is 0.0491. The lowest BCUT2D eigenvalue weighted by molar-refractivity contribution is 0.595. The van der Waals surface area contributed by atoms with Crippen molar-refractivity contribution in [2.24, 2.45) is 0 Å². The topological polar surface area (TPSA) is 96.8 Å². The van der Waals surface area contributed by atoms with E-state index in [1.165, 1.54) is 12.1 Å². The van der Waals surface area contributed by atoms with Gasteiger partial charge in [0.1, 0.15) is 10.9 Å². The number of aromatic nitrogens is 1. The Hall–Kier alpha value is -1.91. The number of hydrogen-bond donors (Lipinski definition) is 1. The molecule has 0 radical (unpaired) electrons. The third kappa shape index (κ3) is 2.00. The Balaban J connectivity index is 2.57. The average Bonchev–Trinajstić information content (AvgIpc) is 2.72. The van der Waals surface area contributed by atoms with Gasteiger partial charge in [0.05, 0.1) is 4.90 Å². The Morgan fingerprint density at radius 3 is 2.47 bits per heavy atom. The predicted octanol–water partition coefficient (Wildman–Crippen LogP) is 1.43. The van der Waals surface area contributed by atoms with Crippen molar-refractivity contribution in [1.82, 2.24) is 4.98 Å². The molecule has 86 valence electrons. The second-order valence-electron chi connectivity index (χ2n) is 3.12. The van der Waals surface area contributed by atoms with Crippen LogP contribution in [0.1, 0.15) is 4.88 Å². The number of benzene rings is 1. The highest BCUT2D eigenvalue weighted by Gasteiger charge is 2.23. The van der Waals surface area contributed by atoms with Gasteiger partial charge < -0.3 is 5.73 Å². The summed E-state index contributed by atoms with van der Waals surface area (Å²) in [4.78, 5) is 3.96. The van der Waals surface area contributed by atoms with Crippen molar-refractivity contribution in [3.8, 4) is 6.07 Å². The normalized spacial score (nSPS) is 11.0. The lowest BCUT2D eigenvalue weighted by Gasteiger charge is -1.98. The number of sulfone groups is 1. The van der Waals surface area contributed by atoms with E-state index < -0.39 is 9.84 Å². The molecule has 0 unspecified atom stereocenters. The minimum Gasteiger partial charge on any atom is -0.382 e. The molecule has 1 heterocycles. The molecule has 17 heavy (non-hydrogen) atoms. The fourth-order valence-corrected chi connectivity index (χ4v) is 3.63. The molecule has 0 saturated carbocycles. The number of nitriles is 1. The molecule has 0 aliphatic rings. The van der Waals surface area contributed by atoms with E-state index in [0.717, 1.165) is 11.3 Å². The molecule has 0 spiro atoms. The average molecular weight is 265 g/mol. The van der Waals surface area contributed by atoms with Gasteiger partial charge in [-0.2, -0.15) is 5.26 Å². The summed E-state index contributed by atoms with van der Waals surface area (Å²) in [6.07, 6.45) is 0. The summed E-state index contributed by atoms with van der Waals surface area (Å²) in [5.74, 6) is -0.0491. The van der Waals surface area contributed by atoms with Crippen LogP contribution in [-0.4, -0.2) is 13.4 Å². The molecule has 0 amide bonds. The maximum Gasteiger partial charge on any atom is 0.233 e. The van der Waals surface area contributed by atoms with Crippen molar-refractivity contribution in [3.63, 3.8) is 0 Å². The molecule has 0 aliphatic heterocycles. The van der Waals surface area contributed by atoms with E-state index in [4.69, 9.17) is 11.0 Å². The van der Waals surface area contributed by atoms with Crippen LogP contribution in [-0.2, 0) is 9.84 Å². The highest BCUT2D eigenvalue weighted by Crippen LogP contribution is 2.28. The highest BCUT2D eigenvalue weighted by molar-refractivity contribution is 7.93. The Labute approximate surface area is 102 Å². The first kappa shape index (κ1) is 11.6. The zero-order valence-corrected chi connectivity index (χ0v) is 10.1. The van der Waals surface area contributed by atoms with Gasteiger partial charge >= 0.3 is 0 Å². The molecule has 0 fully saturated rings. The fourth-order valence-electron chi connectivity index (χ4n) is 1.21. The van der Waals surface area contributed by atoms with Crippen molar-refractivity contribution in [2.75, 3.05) is 5.73 Å². The number of hydrogen-bond acceptors (Lipinski definition) is 6. The molecule has 0 atom stereocenters. The van der Waals surface area contributed by atoms with Crippen LogP contribution < -0.4 is 5.73 Å². The molecule has 7 heteroatoms. The number of nitrogen functional groups attached to an aromatic ring is 1. The van der Waals surface area contributed by atoms with Crippen LogP contribution in [0.5, 0.6) is 0 Å². The van der Waals surface area contributed by atoms with Gasteiger partial charge in [-0.1, -0.05) is 29.5 Å². The van der Waals surface area contributed by atoms with E-state index >= 15 is 0 Å². The van der Waals surface area contributed by atoms with Crippen LogP contribution in [0.4, 0.5) is 5.82 Å². The Morgan fingerprint density at radius 2 is 1.94 bits per heavy atom. The SMILES string of the molecule is N#Cc1sc(S(=O)(=O)c2ccccc2)nc1N. The van der Waals surface area contributed by atoms with Crippen molar-refractivity contribution < 1.29 is 8.42 Å². The monoisotopic (exact) mass is 265 g/mol. The second-order valence-corrected chi connectivity index (χ2v) is 6.24. The van der Waals surface area contributed by atoms with E-state index in [9.17, 15) is 8.42 Å². The van der Waals surface area contributed by atoms with Crippen molar-refractivity contribution in [3.05, 3.63) is 35.2 Å². The van der Waals surface area contributed by atoms with Crippen LogP contribution in [0.15, 0.2) is 39.6 Å². The molecule has 0 bridgehead atoms. The summed E-state index contributed by atoms with van der Waals surface area (Å²) in [7, 11) is -3.67. The van der Waals surface area contributed by atoms with Crippen LogP contribution in [0.3, 0.4) is 0 Å². The van der Waals surface area contributed by atoms with Crippen LogP contribution in [0.25, 0.3) is 0 Å². The maximum atomic E-state index is 12.1. The van der Waals surface area contributed by atoms with Crippen LogP contribution >= 0.6 is 11.3 Å². The second kappa shape index (κ2) is 4.16. The smallest absolute Gasteiger partial charge is 0.233 e. The molecule has 2 aromatic rings. The summed E-state index contributed by atoms with van der Waals surface area (Å²) < 4.78 is 24.0. The molecule has 1 aromatic heterocycles. The number of nitrogens with zero attached hydrogens (tertiary/aromatic N) is 2. The predicted molar refractivity (Wildman–Crippen MR) is 63.1 cm³/mol. The molecular formula is C10H7N3O2S2. The Morgan fingerprint density at radius 1 is 1.29 bits per heavy atom. The van der Waals surface area contributed by atoms with Gasteiger partial charge in [-0.15, -0.1) is 0 Å². The highest BCUT2D eigenvalue weighted by atomic mass is 32.2. The summed E-state index contributed by atoms with van der Waals surface area (Å²) in [6.45, 7) is 0.